The molecule has 2 aromatic carbocycles. The predicted octanol–water partition coefficient (Wildman–Crippen LogP) is 6.55. The molecule has 2 aliphatic rings. The van der Waals surface area contributed by atoms with Crippen molar-refractivity contribution >= 4 is 11.4 Å². The van der Waals surface area contributed by atoms with E-state index < -0.39 is 0 Å². The zero-order valence-corrected chi connectivity index (χ0v) is 17.3. The number of rotatable bonds is 3. The number of nitrogens with zero attached hydrogens (tertiary/aromatic N) is 2. The Hall–Kier alpha value is -2.74. The van der Waals surface area contributed by atoms with E-state index in [4.69, 9.17) is 9.98 Å². The van der Waals surface area contributed by atoms with E-state index >= 15 is 0 Å². The number of hydrogen-bond acceptors (Lipinski definition) is 2. The first-order valence-electron chi connectivity index (χ1n) is 10.2. The fourth-order valence-electron chi connectivity index (χ4n) is 4.28. The summed E-state index contributed by atoms with van der Waals surface area (Å²) in [6.07, 6.45) is 8.23. The number of allylic oxidation sites excluding steroid dienone is 2. The Labute approximate surface area is 168 Å². The minimum absolute atomic E-state index is 1.000. The van der Waals surface area contributed by atoms with Crippen molar-refractivity contribution in [3.8, 4) is 0 Å². The molecule has 4 rings (SSSR count). The van der Waals surface area contributed by atoms with Gasteiger partial charge < -0.3 is 0 Å². The lowest BCUT2D eigenvalue weighted by Crippen LogP contribution is -2.10. The standard InChI is InChI=1S/C26H28N2/c1-17-9-18(2)12-23(11-17)25-7-5-21(15-27-25)22-6-8-26(28-16-22)24-13-19(3)10-20(4)14-24/h9-16H,5-8H2,1-4H3. The van der Waals surface area contributed by atoms with Gasteiger partial charge in [-0.15, -0.1) is 0 Å². The Morgan fingerprint density at radius 2 is 0.857 bits per heavy atom. The first-order chi connectivity index (χ1) is 13.5. The van der Waals surface area contributed by atoms with Gasteiger partial charge in [0.15, 0.2) is 0 Å². The van der Waals surface area contributed by atoms with Crippen LogP contribution in [0.4, 0.5) is 0 Å². The van der Waals surface area contributed by atoms with Crippen molar-refractivity contribution in [3.63, 3.8) is 0 Å². The predicted molar refractivity (Wildman–Crippen MR) is 120 cm³/mol. The monoisotopic (exact) mass is 368 g/mol. The van der Waals surface area contributed by atoms with E-state index in [2.05, 4.69) is 76.5 Å². The fourth-order valence-corrected chi connectivity index (χ4v) is 4.28. The summed E-state index contributed by atoms with van der Waals surface area (Å²) in [6, 6.07) is 13.4. The van der Waals surface area contributed by atoms with E-state index in [9.17, 15) is 0 Å². The summed E-state index contributed by atoms with van der Waals surface area (Å²) < 4.78 is 0. The van der Waals surface area contributed by atoms with Crippen LogP contribution in [0.5, 0.6) is 0 Å². The van der Waals surface area contributed by atoms with Crippen molar-refractivity contribution in [2.75, 3.05) is 0 Å². The molecule has 2 aliphatic heterocycles. The van der Waals surface area contributed by atoms with E-state index in [1.54, 1.807) is 0 Å². The summed E-state index contributed by atoms with van der Waals surface area (Å²) in [4.78, 5) is 9.61. The lowest BCUT2D eigenvalue weighted by atomic mass is 9.90. The molecule has 0 radical (unpaired) electrons. The van der Waals surface area contributed by atoms with Crippen molar-refractivity contribution in [1.82, 2.24) is 0 Å². The summed E-state index contributed by atoms with van der Waals surface area (Å²) in [5, 5.41) is 0. The van der Waals surface area contributed by atoms with Gasteiger partial charge in [0.25, 0.3) is 0 Å². The second-order valence-electron chi connectivity index (χ2n) is 8.21. The van der Waals surface area contributed by atoms with E-state index in [1.165, 1.54) is 56.0 Å². The highest BCUT2D eigenvalue weighted by Crippen LogP contribution is 2.29. The lowest BCUT2D eigenvalue weighted by molar-refractivity contribution is 0.909. The molecule has 0 aromatic heterocycles. The summed E-state index contributed by atoms with van der Waals surface area (Å²) in [6.45, 7) is 8.61. The summed E-state index contributed by atoms with van der Waals surface area (Å²) in [5.41, 5.74) is 12.8. The molecule has 142 valence electrons. The molecule has 0 bridgehead atoms. The zero-order valence-electron chi connectivity index (χ0n) is 17.3. The van der Waals surface area contributed by atoms with Crippen molar-refractivity contribution in [3.05, 3.63) is 93.3 Å². The van der Waals surface area contributed by atoms with Gasteiger partial charge >= 0.3 is 0 Å². The highest BCUT2D eigenvalue weighted by molar-refractivity contribution is 6.03. The maximum absolute atomic E-state index is 4.80. The van der Waals surface area contributed by atoms with E-state index in [0.717, 1.165) is 25.7 Å². The number of hydrogen-bond donors (Lipinski definition) is 0. The van der Waals surface area contributed by atoms with E-state index in [1.807, 2.05) is 0 Å². The molecule has 2 heterocycles. The average molecular weight is 369 g/mol. The Morgan fingerprint density at radius 3 is 1.14 bits per heavy atom. The van der Waals surface area contributed by atoms with Crippen molar-refractivity contribution in [2.24, 2.45) is 9.98 Å². The molecule has 28 heavy (non-hydrogen) atoms. The maximum atomic E-state index is 4.80. The largest absolute Gasteiger partial charge is 0.260 e. The van der Waals surface area contributed by atoms with E-state index in [-0.39, 0.29) is 0 Å². The lowest BCUT2D eigenvalue weighted by Gasteiger charge is -2.20. The second-order valence-corrected chi connectivity index (χ2v) is 8.21. The van der Waals surface area contributed by atoms with Gasteiger partial charge in [-0.2, -0.15) is 0 Å². The SMILES string of the molecule is Cc1cc(C)cc(C2=NC=C(C3=CN=C(c4cc(C)cc(C)c4)CC3)CC2)c1. The second kappa shape index (κ2) is 7.71. The van der Waals surface area contributed by atoms with Crippen LogP contribution < -0.4 is 0 Å². The van der Waals surface area contributed by atoms with Gasteiger partial charge in [0.1, 0.15) is 0 Å². The molecule has 0 saturated carbocycles. The van der Waals surface area contributed by atoms with Crippen LogP contribution in [0.15, 0.2) is 69.9 Å². The van der Waals surface area contributed by atoms with Crippen LogP contribution in [0.25, 0.3) is 0 Å². The fraction of sp³-hybridized carbons (Fsp3) is 0.308. The van der Waals surface area contributed by atoms with Gasteiger partial charge in [0.05, 0.1) is 0 Å². The van der Waals surface area contributed by atoms with Crippen LogP contribution in [-0.4, -0.2) is 11.4 Å². The third kappa shape index (κ3) is 4.06. The van der Waals surface area contributed by atoms with Crippen LogP contribution in [-0.2, 0) is 0 Å². The third-order valence-electron chi connectivity index (χ3n) is 5.54. The van der Waals surface area contributed by atoms with Crippen LogP contribution in [0.2, 0.25) is 0 Å². The van der Waals surface area contributed by atoms with Crippen molar-refractivity contribution in [1.29, 1.82) is 0 Å². The summed E-state index contributed by atoms with van der Waals surface area (Å²) in [7, 11) is 0. The molecule has 0 fully saturated rings. The molecule has 0 atom stereocenters. The van der Waals surface area contributed by atoms with Crippen LogP contribution in [0.1, 0.15) is 59.1 Å². The van der Waals surface area contributed by atoms with Gasteiger partial charge in [-0.25, -0.2) is 0 Å². The molecular weight excluding hydrogens is 340 g/mol. The van der Waals surface area contributed by atoms with Gasteiger partial charge in [0.2, 0.25) is 0 Å². The van der Waals surface area contributed by atoms with Crippen LogP contribution >= 0.6 is 0 Å². The maximum Gasteiger partial charge on any atom is 0.0479 e. The average Bonchev–Trinajstić information content (AvgIpc) is 2.67. The van der Waals surface area contributed by atoms with Crippen molar-refractivity contribution < 1.29 is 0 Å². The molecule has 0 aliphatic carbocycles. The van der Waals surface area contributed by atoms with Gasteiger partial charge in [-0.3, -0.25) is 9.98 Å². The van der Waals surface area contributed by atoms with E-state index in [0.29, 0.717) is 0 Å². The molecule has 2 heteroatoms. The third-order valence-corrected chi connectivity index (χ3v) is 5.54. The highest BCUT2D eigenvalue weighted by Gasteiger charge is 2.17. The topological polar surface area (TPSA) is 24.7 Å². The number of benzene rings is 2. The quantitative estimate of drug-likeness (QED) is 0.586. The highest BCUT2D eigenvalue weighted by atomic mass is 14.7. The molecule has 2 aromatic rings. The normalized spacial score (nSPS) is 16.9. The Bertz CT molecular complexity index is 922. The summed E-state index contributed by atoms with van der Waals surface area (Å²) in [5.74, 6) is 0. The molecule has 0 unspecified atom stereocenters. The first-order valence-corrected chi connectivity index (χ1v) is 10.2. The van der Waals surface area contributed by atoms with Gasteiger partial charge in [-0.05, 0) is 75.7 Å². The number of aryl methyl sites for hydroxylation is 4. The molecule has 2 nitrogen and oxygen atoms in total. The number of aliphatic imine (C=N–C) groups is 2. The summed E-state index contributed by atoms with van der Waals surface area (Å²) >= 11 is 0. The minimum Gasteiger partial charge on any atom is -0.260 e. The van der Waals surface area contributed by atoms with Gasteiger partial charge in [-0.1, -0.05) is 58.7 Å². The zero-order chi connectivity index (χ0) is 19.7. The Kier molecular flexibility index (Phi) is 5.13. The minimum atomic E-state index is 1.000. The molecule has 0 N–H and O–H groups in total. The van der Waals surface area contributed by atoms with Crippen LogP contribution in [0.3, 0.4) is 0 Å². The van der Waals surface area contributed by atoms with Crippen molar-refractivity contribution in [2.45, 2.75) is 53.4 Å². The first kappa shape index (κ1) is 18.6. The van der Waals surface area contributed by atoms with Crippen LogP contribution in [0, 0.1) is 27.7 Å². The van der Waals surface area contributed by atoms with Gasteiger partial charge in [0, 0.05) is 23.8 Å². The molecule has 0 amide bonds. The molecular formula is C26H28N2. The molecule has 0 spiro atoms. The molecule has 0 saturated heterocycles. The Balaban J connectivity index is 1.56. The Morgan fingerprint density at radius 1 is 0.500 bits per heavy atom. The smallest absolute Gasteiger partial charge is 0.0479 e.